The molecule has 1 atom stereocenters. The average Bonchev–Trinajstić information content (AvgIpc) is 3.11. The zero-order valence-corrected chi connectivity index (χ0v) is 12.9. The SMILES string of the molecule is COCC(Nc1snc(N)c1C(=O)NC1CC1)C(C)C. The maximum Gasteiger partial charge on any atom is 0.258 e. The number of hydrogen-bond acceptors (Lipinski definition) is 6. The van der Waals surface area contributed by atoms with Crippen molar-refractivity contribution >= 4 is 28.3 Å². The molecule has 4 N–H and O–H groups in total. The molecule has 0 aromatic carbocycles. The van der Waals surface area contributed by atoms with Crippen molar-refractivity contribution in [3.05, 3.63) is 5.56 Å². The molecule has 1 heterocycles. The van der Waals surface area contributed by atoms with Crippen LogP contribution in [0.15, 0.2) is 0 Å². The lowest BCUT2D eigenvalue weighted by atomic mass is 10.1. The smallest absolute Gasteiger partial charge is 0.258 e. The van der Waals surface area contributed by atoms with Crippen LogP contribution in [0.4, 0.5) is 10.8 Å². The van der Waals surface area contributed by atoms with Crippen molar-refractivity contribution in [2.75, 3.05) is 24.8 Å². The fourth-order valence-electron chi connectivity index (χ4n) is 1.85. The zero-order chi connectivity index (χ0) is 14.7. The summed E-state index contributed by atoms with van der Waals surface area (Å²) in [4.78, 5) is 12.2. The molecule has 2 rings (SSSR count). The summed E-state index contributed by atoms with van der Waals surface area (Å²) in [5.74, 6) is 0.523. The highest BCUT2D eigenvalue weighted by atomic mass is 32.1. The summed E-state index contributed by atoms with van der Waals surface area (Å²) in [6.07, 6.45) is 2.09. The molecular weight excluding hydrogens is 276 g/mol. The van der Waals surface area contributed by atoms with Crippen LogP contribution in [0, 0.1) is 5.92 Å². The van der Waals surface area contributed by atoms with Gasteiger partial charge in [0.2, 0.25) is 0 Å². The first-order valence-electron chi connectivity index (χ1n) is 6.84. The van der Waals surface area contributed by atoms with Crippen LogP contribution in [0.1, 0.15) is 37.0 Å². The van der Waals surface area contributed by atoms with Gasteiger partial charge in [-0.15, -0.1) is 0 Å². The second kappa shape index (κ2) is 6.41. The van der Waals surface area contributed by atoms with E-state index >= 15 is 0 Å². The number of anilines is 2. The number of nitrogens with one attached hydrogen (secondary N) is 2. The second-order valence-electron chi connectivity index (χ2n) is 5.47. The van der Waals surface area contributed by atoms with Gasteiger partial charge in [-0.3, -0.25) is 4.79 Å². The average molecular weight is 298 g/mol. The highest BCUT2D eigenvalue weighted by Gasteiger charge is 2.28. The minimum atomic E-state index is -0.138. The standard InChI is InChI=1S/C13H22N4O2S/c1-7(2)9(6-19-3)16-13-10(11(14)17-20-13)12(18)15-8-4-5-8/h7-9,16H,4-6H2,1-3H3,(H2,14,17)(H,15,18). The van der Waals surface area contributed by atoms with Gasteiger partial charge in [-0.1, -0.05) is 13.8 Å². The van der Waals surface area contributed by atoms with E-state index in [-0.39, 0.29) is 17.8 Å². The number of rotatable bonds is 7. The second-order valence-corrected chi connectivity index (χ2v) is 6.24. The van der Waals surface area contributed by atoms with Crippen LogP contribution in [0.3, 0.4) is 0 Å². The summed E-state index contributed by atoms with van der Waals surface area (Å²) in [6.45, 7) is 4.77. The van der Waals surface area contributed by atoms with E-state index in [1.54, 1.807) is 7.11 Å². The molecule has 0 spiro atoms. The summed E-state index contributed by atoms with van der Waals surface area (Å²) in [7, 11) is 1.67. The van der Waals surface area contributed by atoms with Gasteiger partial charge >= 0.3 is 0 Å². The van der Waals surface area contributed by atoms with Gasteiger partial charge in [-0.2, -0.15) is 4.37 Å². The number of carbonyl (C=O) groups excluding carboxylic acids is 1. The Balaban J connectivity index is 2.12. The lowest BCUT2D eigenvalue weighted by molar-refractivity contribution is 0.0952. The van der Waals surface area contributed by atoms with Crippen molar-refractivity contribution < 1.29 is 9.53 Å². The predicted octanol–water partition coefficient (Wildman–Crippen LogP) is 1.70. The number of ether oxygens (including phenoxy) is 1. The molecule has 1 amide bonds. The van der Waals surface area contributed by atoms with Gasteiger partial charge in [0.1, 0.15) is 10.6 Å². The molecule has 1 aromatic rings. The number of amides is 1. The minimum absolute atomic E-state index is 0.118. The number of nitrogens with two attached hydrogens (primary N) is 1. The van der Waals surface area contributed by atoms with Gasteiger partial charge in [-0.05, 0) is 30.3 Å². The third-order valence-corrected chi connectivity index (χ3v) is 4.12. The molecule has 0 radical (unpaired) electrons. The summed E-state index contributed by atoms with van der Waals surface area (Å²) >= 11 is 1.22. The molecule has 6 nitrogen and oxygen atoms in total. The fourth-order valence-corrected chi connectivity index (χ4v) is 2.63. The lowest BCUT2D eigenvalue weighted by Gasteiger charge is -2.22. The van der Waals surface area contributed by atoms with Gasteiger partial charge in [0.15, 0.2) is 5.82 Å². The number of nitrogen functional groups attached to an aromatic ring is 1. The molecule has 0 bridgehead atoms. The van der Waals surface area contributed by atoms with E-state index in [1.807, 2.05) is 0 Å². The normalized spacial score (nSPS) is 16.2. The molecule has 1 aliphatic carbocycles. The topological polar surface area (TPSA) is 89.3 Å². The van der Waals surface area contributed by atoms with Crippen molar-refractivity contribution in [3.63, 3.8) is 0 Å². The van der Waals surface area contributed by atoms with E-state index < -0.39 is 0 Å². The quantitative estimate of drug-likeness (QED) is 0.713. The molecule has 112 valence electrons. The molecule has 0 saturated heterocycles. The van der Waals surface area contributed by atoms with Gasteiger partial charge in [-0.25, -0.2) is 0 Å². The summed E-state index contributed by atoms with van der Waals surface area (Å²) in [5.41, 5.74) is 6.29. The number of methoxy groups -OCH3 is 1. The van der Waals surface area contributed by atoms with Crippen LogP contribution in [-0.4, -0.2) is 36.1 Å². The Morgan fingerprint density at radius 2 is 2.25 bits per heavy atom. The molecule has 7 heteroatoms. The first-order valence-corrected chi connectivity index (χ1v) is 7.61. The van der Waals surface area contributed by atoms with E-state index in [0.717, 1.165) is 17.8 Å². The van der Waals surface area contributed by atoms with Gasteiger partial charge in [0.05, 0.1) is 12.6 Å². The first-order chi connectivity index (χ1) is 9.52. The highest BCUT2D eigenvalue weighted by molar-refractivity contribution is 7.11. The molecule has 1 aliphatic rings. The lowest BCUT2D eigenvalue weighted by Crippen LogP contribution is -2.32. The van der Waals surface area contributed by atoms with Gasteiger partial charge < -0.3 is 21.1 Å². The molecule has 1 saturated carbocycles. The van der Waals surface area contributed by atoms with Crippen LogP contribution in [0.5, 0.6) is 0 Å². The molecule has 1 fully saturated rings. The van der Waals surface area contributed by atoms with E-state index in [0.29, 0.717) is 24.1 Å². The summed E-state index contributed by atoms with van der Waals surface area (Å²) in [6, 6.07) is 0.418. The van der Waals surface area contributed by atoms with Crippen molar-refractivity contribution in [2.45, 2.75) is 38.8 Å². The summed E-state index contributed by atoms with van der Waals surface area (Å²) < 4.78 is 9.30. The van der Waals surface area contributed by atoms with Gasteiger partial charge in [0, 0.05) is 13.2 Å². The third-order valence-electron chi connectivity index (χ3n) is 3.33. The third kappa shape index (κ3) is 3.61. The van der Waals surface area contributed by atoms with E-state index in [4.69, 9.17) is 10.5 Å². The fraction of sp³-hybridized carbons (Fsp3) is 0.692. The molecule has 20 heavy (non-hydrogen) atoms. The Morgan fingerprint density at radius 3 is 2.80 bits per heavy atom. The number of nitrogens with zero attached hydrogens (tertiary/aromatic N) is 1. The van der Waals surface area contributed by atoms with Crippen LogP contribution < -0.4 is 16.4 Å². The maximum atomic E-state index is 12.2. The number of hydrogen-bond donors (Lipinski definition) is 3. The monoisotopic (exact) mass is 298 g/mol. The Morgan fingerprint density at radius 1 is 1.55 bits per heavy atom. The molecule has 1 unspecified atom stereocenters. The molecular formula is C13H22N4O2S. The maximum absolute atomic E-state index is 12.2. The Bertz CT molecular complexity index is 471. The van der Waals surface area contributed by atoms with Crippen LogP contribution in [0.2, 0.25) is 0 Å². The Kier molecular flexibility index (Phi) is 4.82. The van der Waals surface area contributed by atoms with E-state index in [1.165, 1.54) is 11.5 Å². The van der Waals surface area contributed by atoms with Crippen LogP contribution in [0.25, 0.3) is 0 Å². The summed E-state index contributed by atoms with van der Waals surface area (Å²) in [5, 5.41) is 7.00. The van der Waals surface area contributed by atoms with Crippen molar-refractivity contribution in [3.8, 4) is 0 Å². The first kappa shape index (κ1) is 15.1. The minimum Gasteiger partial charge on any atom is -0.383 e. The molecule has 0 aliphatic heterocycles. The van der Waals surface area contributed by atoms with Crippen LogP contribution in [-0.2, 0) is 4.74 Å². The van der Waals surface area contributed by atoms with E-state index in [2.05, 4.69) is 28.9 Å². The highest BCUT2D eigenvalue weighted by Crippen LogP contribution is 2.29. The largest absolute Gasteiger partial charge is 0.383 e. The van der Waals surface area contributed by atoms with Gasteiger partial charge in [0.25, 0.3) is 5.91 Å². The Labute approximate surface area is 123 Å². The number of aromatic nitrogens is 1. The Hall–Kier alpha value is -1.34. The zero-order valence-electron chi connectivity index (χ0n) is 12.1. The van der Waals surface area contributed by atoms with Crippen LogP contribution >= 0.6 is 11.5 Å². The predicted molar refractivity (Wildman–Crippen MR) is 81.1 cm³/mol. The van der Waals surface area contributed by atoms with Crippen molar-refractivity contribution in [2.24, 2.45) is 5.92 Å². The van der Waals surface area contributed by atoms with Crippen molar-refractivity contribution in [1.29, 1.82) is 0 Å². The van der Waals surface area contributed by atoms with E-state index in [9.17, 15) is 4.79 Å². The number of carbonyl (C=O) groups is 1. The van der Waals surface area contributed by atoms with Crippen molar-refractivity contribution in [1.82, 2.24) is 9.69 Å². The molecule has 1 aromatic heterocycles.